The highest BCUT2D eigenvalue weighted by Crippen LogP contribution is 2.43. The molecular formula is C29H28F4N2O6S. The number of benzene rings is 3. The third-order valence-corrected chi connectivity index (χ3v) is 9.27. The summed E-state index contributed by atoms with van der Waals surface area (Å²) < 4.78 is 94.9. The lowest BCUT2D eigenvalue weighted by Crippen LogP contribution is -2.43. The minimum atomic E-state index is -4.75. The molecule has 5 rings (SSSR count). The summed E-state index contributed by atoms with van der Waals surface area (Å²) in [5.41, 5.74) is 0.0746. The van der Waals surface area contributed by atoms with Crippen LogP contribution in [-0.4, -0.2) is 52.3 Å². The van der Waals surface area contributed by atoms with Crippen molar-refractivity contribution in [3.8, 4) is 11.5 Å². The predicted molar refractivity (Wildman–Crippen MR) is 146 cm³/mol. The summed E-state index contributed by atoms with van der Waals surface area (Å²) in [6.45, 7) is 0.652. The van der Waals surface area contributed by atoms with Crippen LogP contribution in [0, 0.1) is 5.82 Å². The number of anilines is 2. The van der Waals surface area contributed by atoms with E-state index < -0.39 is 38.7 Å². The van der Waals surface area contributed by atoms with Crippen molar-refractivity contribution in [3.63, 3.8) is 0 Å². The first-order valence-corrected chi connectivity index (χ1v) is 14.6. The standard InChI is InChI=1S/C29H28F4N2O6S/c1-40-26-7-3-6-23(30)28(26)18-12-13-34(16-18)20-8-10-25-24(15-20)35(17-21(41-25)9-11-27(36)37)42(38,39)22-5-2-4-19(14-22)29(31,32)33/h2-8,10,14-15,18,21H,9,11-13,16-17H2,1H3,(H,36,37)/t18?,21-/m0/s1. The zero-order valence-electron chi connectivity index (χ0n) is 22.5. The smallest absolute Gasteiger partial charge is 0.416 e. The number of nitrogens with zero attached hydrogens (tertiary/aromatic N) is 2. The van der Waals surface area contributed by atoms with Crippen molar-refractivity contribution in [3.05, 3.63) is 77.6 Å². The molecule has 2 aliphatic heterocycles. The molecule has 2 aliphatic rings. The maximum atomic E-state index is 14.7. The number of rotatable bonds is 8. The van der Waals surface area contributed by atoms with Crippen LogP contribution in [-0.2, 0) is 21.0 Å². The number of halogens is 4. The van der Waals surface area contributed by atoms with Crippen LogP contribution in [0.25, 0.3) is 0 Å². The molecule has 224 valence electrons. The highest BCUT2D eigenvalue weighted by atomic mass is 32.2. The average Bonchev–Trinajstić information content (AvgIpc) is 3.44. The maximum Gasteiger partial charge on any atom is 0.416 e. The summed E-state index contributed by atoms with van der Waals surface area (Å²) in [6.07, 6.45) is -5.29. The topological polar surface area (TPSA) is 96.4 Å². The Morgan fingerprint density at radius 3 is 2.57 bits per heavy atom. The van der Waals surface area contributed by atoms with Crippen molar-refractivity contribution < 1.29 is 45.4 Å². The van der Waals surface area contributed by atoms with Crippen LogP contribution < -0.4 is 18.7 Å². The molecule has 42 heavy (non-hydrogen) atoms. The molecule has 0 spiro atoms. The van der Waals surface area contributed by atoms with E-state index >= 15 is 0 Å². The van der Waals surface area contributed by atoms with Crippen LogP contribution in [0.1, 0.15) is 36.3 Å². The van der Waals surface area contributed by atoms with Gasteiger partial charge in [-0.1, -0.05) is 12.1 Å². The van der Waals surface area contributed by atoms with Crippen LogP contribution >= 0.6 is 0 Å². The van der Waals surface area contributed by atoms with E-state index in [2.05, 4.69) is 0 Å². The van der Waals surface area contributed by atoms with Crippen molar-refractivity contribution >= 4 is 27.4 Å². The van der Waals surface area contributed by atoms with Gasteiger partial charge in [0.15, 0.2) is 0 Å². The van der Waals surface area contributed by atoms with Crippen molar-refractivity contribution in [2.75, 3.05) is 35.9 Å². The van der Waals surface area contributed by atoms with E-state index in [1.54, 1.807) is 30.3 Å². The van der Waals surface area contributed by atoms with Crippen LogP contribution in [0.5, 0.6) is 11.5 Å². The van der Waals surface area contributed by atoms with Crippen LogP contribution in [0.15, 0.2) is 65.6 Å². The van der Waals surface area contributed by atoms with Gasteiger partial charge >= 0.3 is 12.1 Å². The highest BCUT2D eigenvalue weighted by Gasteiger charge is 2.38. The number of alkyl halides is 3. The molecule has 2 heterocycles. The number of fused-ring (bicyclic) bond motifs is 1. The zero-order chi connectivity index (χ0) is 30.2. The van der Waals surface area contributed by atoms with Crippen LogP contribution in [0.4, 0.5) is 28.9 Å². The van der Waals surface area contributed by atoms with E-state index in [0.717, 1.165) is 22.5 Å². The number of methoxy groups -OCH3 is 1. The molecule has 3 aromatic carbocycles. The largest absolute Gasteiger partial charge is 0.496 e. The van der Waals surface area contributed by atoms with Gasteiger partial charge in [0.05, 0.1) is 29.8 Å². The van der Waals surface area contributed by atoms with Crippen molar-refractivity contribution in [1.82, 2.24) is 0 Å². The number of carboxylic acid groups (broad SMARTS) is 1. The summed E-state index contributed by atoms with van der Waals surface area (Å²) in [4.78, 5) is 12.6. The number of ether oxygens (including phenoxy) is 2. The van der Waals surface area contributed by atoms with Gasteiger partial charge < -0.3 is 19.5 Å². The second-order valence-corrected chi connectivity index (χ2v) is 12.0. The first-order chi connectivity index (χ1) is 19.9. The van der Waals surface area contributed by atoms with E-state index in [9.17, 15) is 30.8 Å². The summed E-state index contributed by atoms with van der Waals surface area (Å²) in [5.74, 6) is -1.08. The normalized spacial score (nSPS) is 18.9. The Hall–Kier alpha value is -4.00. The summed E-state index contributed by atoms with van der Waals surface area (Å²) in [7, 11) is -3.05. The molecule has 1 saturated heterocycles. The van der Waals surface area contributed by atoms with E-state index in [-0.39, 0.29) is 42.6 Å². The van der Waals surface area contributed by atoms with E-state index in [0.29, 0.717) is 42.6 Å². The Labute approximate surface area is 240 Å². The second-order valence-electron chi connectivity index (χ2n) is 10.2. The Kier molecular flexibility index (Phi) is 7.97. The fourth-order valence-electron chi connectivity index (χ4n) is 5.44. The zero-order valence-corrected chi connectivity index (χ0v) is 23.3. The maximum absolute atomic E-state index is 14.7. The number of hydrogen-bond donors (Lipinski definition) is 1. The van der Waals surface area contributed by atoms with E-state index in [1.807, 2.05) is 4.90 Å². The molecule has 1 fully saturated rings. The lowest BCUT2D eigenvalue weighted by atomic mass is 9.97. The predicted octanol–water partition coefficient (Wildman–Crippen LogP) is 5.67. The summed E-state index contributed by atoms with van der Waals surface area (Å²) in [5, 5.41) is 9.13. The minimum absolute atomic E-state index is 0.0105. The second kappa shape index (κ2) is 11.3. The molecule has 13 heteroatoms. The van der Waals surface area contributed by atoms with Gasteiger partial charge in [-0.15, -0.1) is 0 Å². The third-order valence-electron chi connectivity index (χ3n) is 7.50. The van der Waals surface area contributed by atoms with Gasteiger partial charge in [-0.05, 0) is 61.4 Å². The van der Waals surface area contributed by atoms with Gasteiger partial charge in [0.2, 0.25) is 0 Å². The van der Waals surface area contributed by atoms with Crippen LogP contribution in [0.3, 0.4) is 0 Å². The molecule has 3 aromatic rings. The monoisotopic (exact) mass is 608 g/mol. The highest BCUT2D eigenvalue weighted by molar-refractivity contribution is 7.92. The number of hydrogen-bond acceptors (Lipinski definition) is 6. The Morgan fingerprint density at radius 2 is 1.86 bits per heavy atom. The lowest BCUT2D eigenvalue weighted by molar-refractivity contribution is -0.138. The molecule has 8 nitrogen and oxygen atoms in total. The fourth-order valence-corrected chi connectivity index (χ4v) is 6.99. The van der Waals surface area contributed by atoms with Crippen LogP contribution in [0.2, 0.25) is 0 Å². The number of carboxylic acids is 1. The van der Waals surface area contributed by atoms with Crippen molar-refractivity contribution in [1.29, 1.82) is 0 Å². The Bertz CT molecular complexity index is 1600. The molecule has 0 radical (unpaired) electrons. The lowest BCUT2D eigenvalue weighted by Gasteiger charge is -2.36. The average molecular weight is 609 g/mol. The molecule has 0 aliphatic carbocycles. The fraction of sp³-hybridized carbons (Fsp3) is 0.345. The molecule has 0 saturated carbocycles. The summed E-state index contributed by atoms with van der Waals surface area (Å²) >= 11 is 0. The molecule has 1 N–H and O–H groups in total. The molecule has 0 aromatic heterocycles. The molecular weight excluding hydrogens is 580 g/mol. The molecule has 0 bridgehead atoms. The number of carbonyl (C=O) groups is 1. The van der Waals surface area contributed by atoms with Crippen molar-refractivity contribution in [2.24, 2.45) is 0 Å². The molecule has 1 unspecified atom stereocenters. The quantitative estimate of drug-likeness (QED) is 0.330. The minimum Gasteiger partial charge on any atom is -0.496 e. The number of aliphatic carboxylic acids is 1. The van der Waals surface area contributed by atoms with Gasteiger partial charge in [-0.2, -0.15) is 13.2 Å². The first-order valence-electron chi connectivity index (χ1n) is 13.2. The van der Waals surface area contributed by atoms with Gasteiger partial charge in [0.1, 0.15) is 23.4 Å². The summed E-state index contributed by atoms with van der Waals surface area (Å²) in [6, 6.07) is 13.0. The SMILES string of the molecule is COc1cccc(F)c1C1CCN(c2ccc3c(c2)N(S(=O)(=O)c2cccc(C(F)(F)F)c2)C[C@H](CCC(=O)O)O3)C1. The third kappa shape index (κ3) is 5.83. The van der Waals surface area contributed by atoms with E-state index in [4.69, 9.17) is 14.6 Å². The molecule has 0 amide bonds. The Morgan fingerprint density at radius 1 is 1.10 bits per heavy atom. The van der Waals surface area contributed by atoms with E-state index in [1.165, 1.54) is 13.2 Å². The van der Waals surface area contributed by atoms with Gasteiger partial charge in [-0.25, -0.2) is 12.8 Å². The number of sulfonamides is 1. The first kappa shape index (κ1) is 29.5. The van der Waals surface area contributed by atoms with Gasteiger partial charge in [0.25, 0.3) is 10.0 Å². The Balaban J connectivity index is 1.50. The van der Waals surface area contributed by atoms with Crippen molar-refractivity contribution in [2.45, 2.75) is 42.4 Å². The van der Waals surface area contributed by atoms with Gasteiger partial charge in [-0.3, -0.25) is 9.10 Å². The van der Waals surface area contributed by atoms with Gasteiger partial charge in [0, 0.05) is 36.7 Å². The molecule has 2 atom stereocenters.